The first-order chi connectivity index (χ1) is 11.3. The molecule has 1 spiro atoms. The van der Waals surface area contributed by atoms with E-state index in [1.807, 2.05) is 0 Å². The van der Waals surface area contributed by atoms with Crippen LogP contribution in [0.5, 0.6) is 0 Å². The average molecular weight is 355 g/mol. The number of rotatable bonds is 3. The Morgan fingerprint density at radius 1 is 1.42 bits per heavy atom. The minimum atomic E-state index is -0.902. The van der Waals surface area contributed by atoms with Crippen LogP contribution >= 0.6 is 11.6 Å². The Hall–Kier alpha value is -1.66. The highest BCUT2D eigenvalue weighted by Gasteiger charge is 2.55. The van der Waals surface area contributed by atoms with Crippen molar-refractivity contribution >= 4 is 23.5 Å². The monoisotopic (exact) mass is 354 g/mol. The quantitative estimate of drug-likeness (QED) is 0.905. The van der Waals surface area contributed by atoms with E-state index in [4.69, 9.17) is 11.6 Å². The third kappa shape index (κ3) is 2.89. The van der Waals surface area contributed by atoms with Crippen molar-refractivity contribution in [3.63, 3.8) is 0 Å². The van der Waals surface area contributed by atoms with Gasteiger partial charge in [-0.25, -0.2) is 4.39 Å². The first-order valence-electron chi connectivity index (χ1n) is 7.99. The van der Waals surface area contributed by atoms with Gasteiger partial charge in [-0.05, 0) is 30.5 Å². The molecule has 2 aliphatic heterocycles. The van der Waals surface area contributed by atoms with Crippen LogP contribution in [0.15, 0.2) is 18.2 Å². The molecule has 2 saturated heterocycles. The third-order valence-electron chi connectivity index (χ3n) is 5.48. The maximum absolute atomic E-state index is 13.5. The SMILES string of the molecule is CN1C(=O)C[C@@H](C(=O)O)C12CCN(Cc1ccc(Cl)c(F)c1)CC2. The van der Waals surface area contributed by atoms with E-state index < -0.39 is 23.2 Å². The number of carboxylic acid groups (broad SMARTS) is 1. The Morgan fingerprint density at radius 3 is 2.67 bits per heavy atom. The lowest BCUT2D eigenvalue weighted by Gasteiger charge is -2.45. The van der Waals surface area contributed by atoms with Gasteiger partial charge >= 0.3 is 5.97 Å². The fourth-order valence-electron chi connectivity index (χ4n) is 3.98. The Kier molecular flexibility index (Phi) is 4.53. The zero-order chi connectivity index (χ0) is 17.5. The molecule has 24 heavy (non-hydrogen) atoms. The van der Waals surface area contributed by atoms with Crippen LogP contribution in [0, 0.1) is 11.7 Å². The zero-order valence-corrected chi connectivity index (χ0v) is 14.2. The Morgan fingerprint density at radius 2 is 2.08 bits per heavy atom. The van der Waals surface area contributed by atoms with E-state index in [-0.39, 0.29) is 17.4 Å². The van der Waals surface area contributed by atoms with Crippen molar-refractivity contribution in [2.24, 2.45) is 5.92 Å². The van der Waals surface area contributed by atoms with Gasteiger partial charge in [0.05, 0.1) is 16.5 Å². The summed E-state index contributed by atoms with van der Waals surface area (Å²) >= 11 is 5.70. The van der Waals surface area contributed by atoms with Gasteiger partial charge in [0.2, 0.25) is 5.91 Å². The van der Waals surface area contributed by atoms with E-state index in [1.165, 1.54) is 6.07 Å². The summed E-state index contributed by atoms with van der Waals surface area (Å²) in [5.41, 5.74) is 0.239. The van der Waals surface area contributed by atoms with Crippen molar-refractivity contribution in [3.8, 4) is 0 Å². The maximum atomic E-state index is 13.5. The van der Waals surface area contributed by atoms with Gasteiger partial charge in [-0.3, -0.25) is 14.5 Å². The number of likely N-dealkylation sites (tertiary alicyclic amines) is 2. The van der Waals surface area contributed by atoms with Crippen molar-refractivity contribution < 1.29 is 19.1 Å². The van der Waals surface area contributed by atoms with Crippen LogP contribution in [-0.2, 0) is 16.1 Å². The van der Waals surface area contributed by atoms with Gasteiger partial charge in [-0.1, -0.05) is 17.7 Å². The summed E-state index contributed by atoms with van der Waals surface area (Å²) in [4.78, 5) is 27.3. The highest BCUT2D eigenvalue weighted by atomic mass is 35.5. The molecule has 3 rings (SSSR count). The van der Waals surface area contributed by atoms with Crippen molar-refractivity contribution in [3.05, 3.63) is 34.6 Å². The molecule has 7 heteroatoms. The summed E-state index contributed by atoms with van der Waals surface area (Å²) in [6.45, 7) is 1.93. The van der Waals surface area contributed by atoms with Crippen molar-refractivity contribution in [2.45, 2.75) is 31.3 Å². The second-order valence-electron chi connectivity index (χ2n) is 6.68. The minimum absolute atomic E-state index is 0.0776. The average Bonchev–Trinajstić information content (AvgIpc) is 2.79. The van der Waals surface area contributed by atoms with Gasteiger partial charge in [0, 0.05) is 33.1 Å². The van der Waals surface area contributed by atoms with Crippen LogP contribution in [0.25, 0.3) is 0 Å². The molecule has 1 aromatic carbocycles. The third-order valence-corrected chi connectivity index (χ3v) is 5.79. The Labute approximate surface area is 145 Å². The molecule has 0 saturated carbocycles. The van der Waals surface area contributed by atoms with Crippen LogP contribution in [0.4, 0.5) is 4.39 Å². The maximum Gasteiger partial charge on any atom is 0.309 e. The molecule has 0 aliphatic carbocycles. The number of aliphatic carboxylic acids is 1. The number of piperidine rings is 1. The number of amides is 1. The predicted octanol–water partition coefficient (Wildman–Crippen LogP) is 2.38. The van der Waals surface area contributed by atoms with Crippen molar-refractivity contribution in [1.82, 2.24) is 9.80 Å². The molecule has 0 aromatic heterocycles. The van der Waals surface area contributed by atoms with E-state index in [1.54, 1.807) is 24.1 Å². The molecule has 1 N–H and O–H groups in total. The van der Waals surface area contributed by atoms with Crippen molar-refractivity contribution in [1.29, 1.82) is 0 Å². The van der Waals surface area contributed by atoms with Gasteiger partial charge < -0.3 is 10.0 Å². The molecule has 2 aliphatic rings. The molecule has 0 unspecified atom stereocenters. The number of hydrogen-bond donors (Lipinski definition) is 1. The normalized spacial score (nSPS) is 23.9. The highest BCUT2D eigenvalue weighted by Crippen LogP contribution is 2.43. The van der Waals surface area contributed by atoms with E-state index in [0.29, 0.717) is 32.5 Å². The van der Waals surface area contributed by atoms with Crippen LogP contribution < -0.4 is 0 Å². The molecule has 0 bridgehead atoms. The molecular formula is C17H20ClFN2O3. The second-order valence-corrected chi connectivity index (χ2v) is 7.08. The molecule has 1 aromatic rings. The summed E-state index contributed by atoms with van der Waals surface area (Å²) in [5, 5.41) is 9.58. The number of benzene rings is 1. The highest BCUT2D eigenvalue weighted by molar-refractivity contribution is 6.30. The smallest absolute Gasteiger partial charge is 0.309 e. The van der Waals surface area contributed by atoms with Gasteiger partial charge in [-0.15, -0.1) is 0 Å². The lowest BCUT2D eigenvalue weighted by Crippen LogP contribution is -2.55. The largest absolute Gasteiger partial charge is 0.481 e. The van der Waals surface area contributed by atoms with Gasteiger partial charge in [-0.2, -0.15) is 0 Å². The Bertz CT molecular complexity index is 674. The van der Waals surface area contributed by atoms with Gasteiger partial charge in [0.15, 0.2) is 0 Å². The topological polar surface area (TPSA) is 60.9 Å². The number of carbonyl (C=O) groups excluding carboxylic acids is 1. The summed E-state index contributed by atoms with van der Waals surface area (Å²) in [7, 11) is 1.70. The van der Waals surface area contributed by atoms with E-state index in [0.717, 1.165) is 5.56 Å². The lowest BCUT2D eigenvalue weighted by atomic mass is 9.77. The number of nitrogens with zero attached hydrogens (tertiary/aromatic N) is 2. The predicted molar refractivity (Wildman–Crippen MR) is 87.2 cm³/mol. The van der Waals surface area contributed by atoms with Crippen molar-refractivity contribution in [2.75, 3.05) is 20.1 Å². The number of hydrogen-bond acceptors (Lipinski definition) is 3. The number of carboxylic acids is 1. The summed E-state index contributed by atoms with van der Waals surface area (Å²) in [6.07, 6.45) is 1.30. The molecule has 5 nitrogen and oxygen atoms in total. The first kappa shape index (κ1) is 17.2. The van der Waals surface area contributed by atoms with Gasteiger partial charge in [0.25, 0.3) is 0 Å². The van der Waals surface area contributed by atoms with Crippen LogP contribution in [0.1, 0.15) is 24.8 Å². The molecular weight excluding hydrogens is 335 g/mol. The second kappa shape index (κ2) is 6.33. The molecule has 2 fully saturated rings. The van der Waals surface area contributed by atoms with E-state index >= 15 is 0 Å². The molecule has 130 valence electrons. The van der Waals surface area contributed by atoms with Crippen LogP contribution in [0.2, 0.25) is 5.02 Å². The summed E-state index contributed by atoms with van der Waals surface area (Å²) in [5.74, 6) is -2.09. The number of halogens is 2. The fourth-order valence-corrected chi connectivity index (χ4v) is 4.10. The van der Waals surface area contributed by atoms with Gasteiger partial charge in [0.1, 0.15) is 5.82 Å². The standard InChI is InChI=1S/C17H20ClFN2O3/c1-20-15(22)9-12(16(23)24)17(20)4-6-21(7-5-17)10-11-2-3-13(18)14(19)8-11/h2-3,8,12H,4-7,9-10H2,1H3,(H,23,24)/t12-/m0/s1. The lowest BCUT2D eigenvalue weighted by molar-refractivity contribution is -0.146. The molecule has 0 radical (unpaired) electrons. The van der Waals surface area contributed by atoms with Crippen LogP contribution in [-0.4, -0.2) is 52.5 Å². The summed E-state index contributed by atoms with van der Waals surface area (Å²) < 4.78 is 13.5. The Balaban J connectivity index is 1.69. The van der Waals surface area contributed by atoms with E-state index in [9.17, 15) is 19.1 Å². The van der Waals surface area contributed by atoms with E-state index in [2.05, 4.69) is 4.90 Å². The fraction of sp³-hybridized carbons (Fsp3) is 0.529. The molecule has 2 heterocycles. The molecule has 1 atom stereocenters. The number of carbonyl (C=O) groups is 2. The minimum Gasteiger partial charge on any atom is -0.481 e. The summed E-state index contributed by atoms with van der Waals surface area (Å²) in [6, 6.07) is 4.76. The molecule has 1 amide bonds. The first-order valence-corrected chi connectivity index (χ1v) is 8.37. The van der Waals surface area contributed by atoms with Crippen LogP contribution in [0.3, 0.4) is 0 Å². The zero-order valence-electron chi connectivity index (χ0n) is 13.5.